The Morgan fingerprint density at radius 3 is 2.53 bits per heavy atom. The third kappa shape index (κ3) is 4.78. The molecular formula is C10H14ClNO3. The maximum absolute atomic E-state index is 11.0. The minimum absolute atomic E-state index is 0. The SMILES string of the molecule is Cl.NCC(O)C(=O)OCc1ccccc1. The molecule has 1 rings (SSSR count). The molecule has 1 aromatic carbocycles. The molecule has 3 N–H and O–H groups in total. The molecule has 0 aliphatic carbocycles. The second-order valence-corrected chi connectivity index (χ2v) is 2.84. The Hall–Kier alpha value is -1.10. The first-order chi connectivity index (χ1) is 6.74. The summed E-state index contributed by atoms with van der Waals surface area (Å²) in [5.74, 6) is -0.684. The summed E-state index contributed by atoms with van der Waals surface area (Å²) < 4.78 is 4.81. The molecule has 4 nitrogen and oxygen atoms in total. The first-order valence-electron chi connectivity index (χ1n) is 4.32. The van der Waals surface area contributed by atoms with Gasteiger partial charge in [0, 0.05) is 6.54 Å². The zero-order chi connectivity index (χ0) is 10.4. The third-order valence-corrected chi connectivity index (χ3v) is 1.72. The average Bonchev–Trinajstić information content (AvgIpc) is 2.26. The van der Waals surface area contributed by atoms with Gasteiger partial charge in [-0.1, -0.05) is 30.3 Å². The highest BCUT2D eigenvalue weighted by Gasteiger charge is 2.13. The Labute approximate surface area is 94.5 Å². The van der Waals surface area contributed by atoms with Crippen molar-refractivity contribution >= 4 is 18.4 Å². The minimum atomic E-state index is -1.22. The summed E-state index contributed by atoms with van der Waals surface area (Å²) in [5, 5.41) is 9.00. The molecule has 1 atom stereocenters. The smallest absolute Gasteiger partial charge is 0.336 e. The predicted octanol–water partition coefficient (Wildman–Crippen LogP) is 0.471. The van der Waals surface area contributed by atoms with Crippen LogP contribution < -0.4 is 5.73 Å². The summed E-state index contributed by atoms with van der Waals surface area (Å²) in [4.78, 5) is 11.0. The van der Waals surface area contributed by atoms with E-state index in [0.29, 0.717) is 0 Å². The van der Waals surface area contributed by atoms with Crippen LogP contribution in [-0.4, -0.2) is 23.7 Å². The highest BCUT2D eigenvalue weighted by molar-refractivity contribution is 5.85. The van der Waals surface area contributed by atoms with Gasteiger partial charge in [-0.3, -0.25) is 0 Å². The highest BCUT2D eigenvalue weighted by atomic mass is 35.5. The molecule has 5 heteroatoms. The van der Waals surface area contributed by atoms with Crippen molar-refractivity contribution in [3.05, 3.63) is 35.9 Å². The number of hydrogen-bond acceptors (Lipinski definition) is 4. The van der Waals surface area contributed by atoms with Gasteiger partial charge < -0.3 is 15.6 Å². The molecule has 1 aromatic rings. The summed E-state index contributed by atoms with van der Waals surface area (Å²) in [5.41, 5.74) is 5.97. The lowest BCUT2D eigenvalue weighted by atomic mass is 10.2. The lowest BCUT2D eigenvalue weighted by molar-refractivity contribution is -0.154. The number of aliphatic hydroxyl groups is 1. The Morgan fingerprint density at radius 2 is 2.00 bits per heavy atom. The zero-order valence-electron chi connectivity index (χ0n) is 8.13. The van der Waals surface area contributed by atoms with E-state index in [0.717, 1.165) is 5.56 Å². The van der Waals surface area contributed by atoms with Gasteiger partial charge in [0.1, 0.15) is 6.61 Å². The van der Waals surface area contributed by atoms with Crippen LogP contribution in [0, 0.1) is 0 Å². The number of halogens is 1. The second-order valence-electron chi connectivity index (χ2n) is 2.84. The maximum Gasteiger partial charge on any atom is 0.336 e. The summed E-state index contributed by atoms with van der Waals surface area (Å²) in [6.45, 7) is 0.0460. The Morgan fingerprint density at radius 1 is 1.40 bits per heavy atom. The van der Waals surface area contributed by atoms with Crippen molar-refractivity contribution in [2.45, 2.75) is 12.7 Å². The number of esters is 1. The normalized spacial score (nSPS) is 11.3. The lowest BCUT2D eigenvalue weighted by Crippen LogP contribution is -2.30. The fourth-order valence-electron chi connectivity index (χ4n) is 0.921. The number of ether oxygens (including phenoxy) is 1. The van der Waals surface area contributed by atoms with Gasteiger partial charge in [0.05, 0.1) is 0 Å². The first-order valence-corrected chi connectivity index (χ1v) is 4.32. The molecule has 0 amide bonds. The number of hydrogen-bond donors (Lipinski definition) is 2. The van der Waals surface area contributed by atoms with E-state index in [9.17, 15) is 4.79 Å². The van der Waals surface area contributed by atoms with Gasteiger partial charge in [-0.2, -0.15) is 0 Å². The summed E-state index contributed by atoms with van der Waals surface area (Å²) in [6.07, 6.45) is -1.22. The van der Waals surface area contributed by atoms with Crippen LogP contribution in [-0.2, 0) is 16.1 Å². The van der Waals surface area contributed by atoms with Crippen molar-refractivity contribution in [2.24, 2.45) is 5.73 Å². The van der Waals surface area contributed by atoms with E-state index in [-0.39, 0.29) is 25.6 Å². The molecule has 0 aromatic heterocycles. The number of aliphatic hydroxyl groups excluding tert-OH is 1. The molecule has 0 radical (unpaired) electrons. The fourth-order valence-corrected chi connectivity index (χ4v) is 0.921. The first kappa shape index (κ1) is 13.9. The van der Waals surface area contributed by atoms with Gasteiger partial charge in [0.15, 0.2) is 6.10 Å². The molecule has 15 heavy (non-hydrogen) atoms. The molecule has 0 fully saturated rings. The van der Waals surface area contributed by atoms with Crippen molar-refractivity contribution in [2.75, 3.05) is 6.54 Å². The summed E-state index contributed by atoms with van der Waals surface area (Å²) in [6, 6.07) is 9.25. The van der Waals surface area contributed by atoms with Crippen molar-refractivity contribution in [1.29, 1.82) is 0 Å². The number of carbonyl (C=O) groups is 1. The van der Waals surface area contributed by atoms with E-state index in [1.807, 2.05) is 30.3 Å². The largest absolute Gasteiger partial charge is 0.459 e. The van der Waals surface area contributed by atoms with Gasteiger partial charge in [0.2, 0.25) is 0 Å². The van der Waals surface area contributed by atoms with Crippen molar-refractivity contribution in [3.8, 4) is 0 Å². The van der Waals surface area contributed by atoms with Gasteiger partial charge in [-0.25, -0.2) is 4.79 Å². The van der Waals surface area contributed by atoms with E-state index < -0.39 is 12.1 Å². The number of benzene rings is 1. The summed E-state index contributed by atoms with van der Waals surface area (Å²) >= 11 is 0. The quantitative estimate of drug-likeness (QED) is 0.739. The molecule has 0 saturated carbocycles. The molecular weight excluding hydrogens is 218 g/mol. The topological polar surface area (TPSA) is 72.5 Å². The van der Waals surface area contributed by atoms with Crippen molar-refractivity contribution in [3.63, 3.8) is 0 Å². The van der Waals surface area contributed by atoms with Crippen LogP contribution in [0.1, 0.15) is 5.56 Å². The number of nitrogens with two attached hydrogens (primary N) is 1. The van der Waals surface area contributed by atoms with Crippen LogP contribution in [0.4, 0.5) is 0 Å². The lowest BCUT2D eigenvalue weighted by Gasteiger charge is -2.08. The minimum Gasteiger partial charge on any atom is -0.459 e. The molecule has 0 aliphatic heterocycles. The van der Waals surface area contributed by atoms with E-state index in [1.54, 1.807) is 0 Å². The van der Waals surface area contributed by atoms with Gasteiger partial charge in [-0.15, -0.1) is 12.4 Å². The molecule has 0 heterocycles. The Balaban J connectivity index is 0.00000196. The van der Waals surface area contributed by atoms with Crippen LogP contribution in [0.15, 0.2) is 30.3 Å². The van der Waals surface area contributed by atoms with Gasteiger partial charge in [-0.05, 0) is 5.56 Å². The number of rotatable bonds is 4. The molecule has 0 spiro atoms. The molecule has 0 bridgehead atoms. The monoisotopic (exact) mass is 231 g/mol. The van der Waals surface area contributed by atoms with Crippen LogP contribution in [0.5, 0.6) is 0 Å². The maximum atomic E-state index is 11.0. The second kappa shape index (κ2) is 7.23. The summed E-state index contributed by atoms with van der Waals surface area (Å²) in [7, 11) is 0. The van der Waals surface area contributed by atoms with Crippen LogP contribution in [0.2, 0.25) is 0 Å². The standard InChI is InChI=1S/C10H13NO3.ClH/c11-6-9(12)10(13)14-7-8-4-2-1-3-5-8;/h1-5,9,12H,6-7,11H2;1H. The van der Waals surface area contributed by atoms with E-state index in [1.165, 1.54) is 0 Å². The van der Waals surface area contributed by atoms with Crippen LogP contribution in [0.3, 0.4) is 0 Å². The average molecular weight is 232 g/mol. The van der Waals surface area contributed by atoms with Crippen molar-refractivity contribution in [1.82, 2.24) is 0 Å². The van der Waals surface area contributed by atoms with Crippen LogP contribution >= 0.6 is 12.4 Å². The highest BCUT2D eigenvalue weighted by Crippen LogP contribution is 2.01. The van der Waals surface area contributed by atoms with Gasteiger partial charge >= 0.3 is 5.97 Å². The van der Waals surface area contributed by atoms with Gasteiger partial charge in [0.25, 0.3) is 0 Å². The van der Waals surface area contributed by atoms with Crippen molar-refractivity contribution < 1.29 is 14.6 Å². The number of carbonyl (C=O) groups excluding carboxylic acids is 1. The zero-order valence-corrected chi connectivity index (χ0v) is 8.94. The molecule has 1 unspecified atom stereocenters. The predicted molar refractivity (Wildman–Crippen MR) is 58.5 cm³/mol. The van der Waals surface area contributed by atoms with Crippen LogP contribution in [0.25, 0.3) is 0 Å². The van der Waals surface area contributed by atoms with E-state index in [4.69, 9.17) is 15.6 Å². The third-order valence-electron chi connectivity index (χ3n) is 1.72. The van der Waals surface area contributed by atoms with E-state index in [2.05, 4.69) is 0 Å². The Kier molecular flexibility index (Phi) is 6.70. The Bertz CT molecular complexity index is 292. The fraction of sp³-hybridized carbons (Fsp3) is 0.300. The van der Waals surface area contributed by atoms with E-state index >= 15 is 0 Å². The molecule has 0 saturated heterocycles. The molecule has 84 valence electrons. The molecule has 0 aliphatic rings.